The van der Waals surface area contributed by atoms with Crippen LogP contribution in [-0.2, 0) is 23.8 Å². The summed E-state index contributed by atoms with van der Waals surface area (Å²) in [6.45, 7) is 5.58. The number of hydrogen-bond acceptors (Lipinski definition) is 10. The summed E-state index contributed by atoms with van der Waals surface area (Å²) >= 11 is 0. The number of esters is 1. The highest BCUT2D eigenvalue weighted by molar-refractivity contribution is 5.80. The Morgan fingerprint density at radius 2 is 1.07 bits per heavy atom. The molecule has 392 valence electrons. The maximum atomic E-state index is 13.3. The zero-order chi connectivity index (χ0) is 49.7. The quantitative estimate of drug-likeness (QED) is 0.0149. The number of nitrogens with one attached hydrogen (secondary N) is 1. The number of carbonyl (C=O) groups is 2. The number of amides is 1. The second-order valence-corrected chi connectivity index (χ2v) is 18.7. The van der Waals surface area contributed by atoms with Crippen molar-refractivity contribution in [2.24, 2.45) is 0 Å². The average molecular weight is 958 g/mol. The van der Waals surface area contributed by atoms with Gasteiger partial charge < -0.3 is 45.1 Å². The van der Waals surface area contributed by atoms with Gasteiger partial charge in [-0.3, -0.25) is 9.59 Å². The lowest BCUT2D eigenvalue weighted by molar-refractivity contribution is -0.305. The molecular formula is C57H99NO10. The second kappa shape index (κ2) is 45.3. The fourth-order valence-corrected chi connectivity index (χ4v) is 8.07. The molecule has 0 aromatic rings. The van der Waals surface area contributed by atoms with Crippen LogP contribution in [0.15, 0.2) is 72.9 Å². The minimum atomic E-state index is -1.63. The van der Waals surface area contributed by atoms with Crippen LogP contribution in [0.3, 0.4) is 0 Å². The molecule has 0 bridgehead atoms. The van der Waals surface area contributed by atoms with Crippen molar-refractivity contribution in [1.82, 2.24) is 5.32 Å². The third-order valence-electron chi connectivity index (χ3n) is 12.4. The Balaban J connectivity index is 2.81. The van der Waals surface area contributed by atoms with Crippen molar-refractivity contribution in [1.29, 1.82) is 0 Å². The number of aliphatic hydroxyl groups excluding tert-OH is 5. The summed E-state index contributed by atoms with van der Waals surface area (Å²) in [5.74, 6) is -1.26. The zero-order valence-electron chi connectivity index (χ0n) is 43.0. The van der Waals surface area contributed by atoms with E-state index in [4.69, 9.17) is 14.2 Å². The minimum Gasteiger partial charge on any atom is -0.454 e. The second-order valence-electron chi connectivity index (χ2n) is 18.7. The Labute approximate surface area is 413 Å². The summed E-state index contributed by atoms with van der Waals surface area (Å²) in [4.78, 5) is 26.4. The van der Waals surface area contributed by atoms with Crippen molar-refractivity contribution < 1.29 is 49.3 Å². The molecule has 0 aromatic heterocycles. The summed E-state index contributed by atoms with van der Waals surface area (Å²) in [6.07, 6.45) is 45.3. The molecule has 1 aliphatic rings. The molecule has 6 N–H and O–H groups in total. The first-order chi connectivity index (χ1) is 33.2. The van der Waals surface area contributed by atoms with E-state index in [1.165, 1.54) is 103 Å². The molecular weight excluding hydrogens is 859 g/mol. The van der Waals surface area contributed by atoms with Crippen molar-refractivity contribution >= 4 is 11.9 Å². The van der Waals surface area contributed by atoms with Gasteiger partial charge in [-0.25, -0.2) is 0 Å². The molecule has 1 heterocycles. The molecule has 0 radical (unpaired) electrons. The van der Waals surface area contributed by atoms with Gasteiger partial charge in [0.1, 0.15) is 24.4 Å². The van der Waals surface area contributed by atoms with Gasteiger partial charge in [0.15, 0.2) is 12.4 Å². The highest BCUT2D eigenvalue weighted by Crippen LogP contribution is 2.26. The predicted molar refractivity (Wildman–Crippen MR) is 278 cm³/mol. The van der Waals surface area contributed by atoms with E-state index in [1.807, 2.05) is 42.5 Å². The third kappa shape index (κ3) is 33.6. The van der Waals surface area contributed by atoms with Gasteiger partial charge in [-0.1, -0.05) is 209 Å². The van der Waals surface area contributed by atoms with Crippen LogP contribution < -0.4 is 5.32 Å². The number of ether oxygens (including phenoxy) is 3. The van der Waals surface area contributed by atoms with Crippen LogP contribution in [0.25, 0.3) is 0 Å². The number of hydrogen-bond donors (Lipinski definition) is 6. The van der Waals surface area contributed by atoms with E-state index in [9.17, 15) is 35.1 Å². The van der Waals surface area contributed by atoms with Crippen LogP contribution in [0.4, 0.5) is 0 Å². The maximum Gasteiger partial charge on any atom is 0.306 e. The average Bonchev–Trinajstić information content (AvgIpc) is 3.33. The highest BCUT2D eigenvalue weighted by Gasteiger charge is 2.47. The van der Waals surface area contributed by atoms with Gasteiger partial charge in [0.25, 0.3) is 0 Å². The number of rotatable bonds is 44. The fourth-order valence-electron chi connectivity index (χ4n) is 8.07. The first kappa shape index (κ1) is 63.1. The van der Waals surface area contributed by atoms with E-state index in [2.05, 4.69) is 50.4 Å². The molecule has 11 nitrogen and oxygen atoms in total. The number of allylic oxidation sites excluding steroid dienone is 11. The van der Waals surface area contributed by atoms with E-state index in [0.717, 1.165) is 64.2 Å². The highest BCUT2D eigenvalue weighted by atomic mass is 16.7. The molecule has 0 aliphatic carbocycles. The monoisotopic (exact) mass is 958 g/mol. The molecule has 11 heteroatoms. The topological polar surface area (TPSA) is 175 Å². The van der Waals surface area contributed by atoms with Gasteiger partial charge in [0.2, 0.25) is 5.91 Å². The van der Waals surface area contributed by atoms with Crippen molar-refractivity contribution in [3.63, 3.8) is 0 Å². The Morgan fingerprint density at radius 3 is 1.63 bits per heavy atom. The van der Waals surface area contributed by atoms with Crippen LogP contribution in [0.5, 0.6) is 0 Å². The van der Waals surface area contributed by atoms with E-state index in [1.54, 1.807) is 6.08 Å². The summed E-state index contributed by atoms with van der Waals surface area (Å²) in [6, 6.07) is -1.04. The Bertz CT molecular complexity index is 1380. The molecule has 0 saturated carbocycles. The lowest BCUT2D eigenvalue weighted by Crippen LogP contribution is -2.61. The molecule has 68 heavy (non-hydrogen) atoms. The fraction of sp³-hybridized carbons (Fsp3) is 0.754. The molecule has 1 amide bonds. The zero-order valence-corrected chi connectivity index (χ0v) is 43.0. The van der Waals surface area contributed by atoms with E-state index < -0.39 is 67.4 Å². The molecule has 1 saturated heterocycles. The van der Waals surface area contributed by atoms with Crippen LogP contribution in [0.1, 0.15) is 213 Å². The lowest BCUT2D eigenvalue weighted by Gasteiger charge is -2.41. The SMILES string of the molecule is CC/C=C/C=C/C=C\C=C/CCCCCC(=O)OC1C(OCC(NC(=O)C(O)CCCC/C=C\CCCCCCCCC)C(O)/C=C/CCCCCCCCCCCCC)OC(CO)C(O)C1O. The normalized spacial score (nSPS) is 20.5. The minimum absolute atomic E-state index is 0.0733. The molecule has 1 fully saturated rings. The largest absolute Gasteiger partial charge is 0.454 e. The van der Waals surface area contributed by atoms with Crippen LogP contribution in [-0.4, -0.2) is 99.6 Å². The van der Waals surface area contributed by atoms with E-state index in [0.29, 0.717) is 12.8 Å². The molecule has 1 aliphatic heterocycles. The van der Waals surface area contributed by atoms with Gasteiger partial charge in [0.05, 0.1) is 25.4 Å². The number of carbonyl (C=O) groups excluding carboxylic acids is 2. The van der Waals surface area contributed by atoms with Gasteiger partial charge in [-0.2, -0.15) is 0 Å². The van der Waals surface area contributed by atoms with E-state index in [-0.39, 0.29) is 19.4 Å². The smallest absolute Gasteiger partial charge is 0.306 e. The van der Waals surface area contributed by atoms with Gasteiger partial charge in [-0.15, -0.1) is 0 Å². The lowest BCUT2D eigenvalue weighted by atomic mass is 9.99. The Hall–Kier alpha value is -2.90. The van der Waals surface area contributed by atoms with Crippen LogP contribution in [0, 0.1) is 0 Å². The van der Waals surface area contributed by atoms with E-state index >= 15 is 0 Å². The number of unbranched alkanes of at least 4 members (excludes halogenated alkanes) is 23. The van der Waals surface area contributed by atoms with Crippen LogP contribution >= 0.6 is 0 Å². The maximum absolute atomic E-state index is 13.3. The standard InChI is InChI=1S/C57H99NO10/c1-4-7-10-13-16-19-22-25-28-31-34-37-40-43-49(60)48(58-56(65)50(61)44-41-38-35-32-29-26-23-20-17-14-11-8-5-2)47-66-57-55(54(64)53(63)51(46-59)67-57)68-52(62)45-42-39-36-33-30-27-24-21-18-15-12-9-6-3/h9,12,15,18,21,24,27,29-30,32,40,43,48-51,53-55,57,59-61,63-64H,4-8,10-11,13-14,16-17,19-20,22-23,25-26,28,31,33-39,41-42,44-47H2,1-3H3,(H,58,65)/b12-9+,18-15+,24-21-,30-27-,32-29-,43-40+. The molecule has 1 rings (SSSR count). The molecule has 0 spiro atoms. The first-order valence-corrected chi connectivity index (χ1v) is 27.3. The van der Waals surface area contributed by atoms with Gasteiger partial charge >= 0.3 is 5.97 Å². The van der Waals surface area contributed by atoms with Crippen molar-refractivity contribution in [2.45, 2.75) is 262 Å². The molecule has 0 aromatic carbocycles. The van der Waals surface area contributed by atoms with Crippen molar-refractivity contribution in [2.75, 3.05) is 13.2 Å². The third-order valence-corrected chi connectivity index (χ3v) is 12.4. The molecule has 8 atom stereocenters. The molecule has 8 unspecified atom stereocenters. The first-order valence-electron chi connectivity index (χ1n) is 27.3. The summed E-state index contributed by atoms with van der Waals surface area (Å²) in [5, 5.41) is 56.6. The summed E-state index contributed by atoms with van der Waals surface area (Å²) < 4.78 is 17.5. The van der Waals surface area contributed by atoms with Crippen molar-refractivity contribution in [3.8, 4) is 0 Å². The summed E-state index contributed by atoms with van der Waals surface area (Å²) in [5.41, 5.74) is 0. The predicted octanol–water partition coefficient (Wildman–Crippen LogP) is 11.7. The van der Waals surface area contributed by atoms with Gasteiger partial charge in [-0.05, 0) is 70.6 Å². The Morgan fingerprint density at radius 1 is 0.588 bits per heavy atom. The van der Waals surface area contributed by atoms with Crippen molar-refractivity contribution in [3.05, 3.63) is 72.9 Å². The van der Waals surface area contributed by atoms with Crippen LogP contribution in [0.2, 0.25) is 0 Å². The Kier molecular flexibility index (Phi) is 42.0. The number of aliphatic hydroxyl groups is 5. The van der Waals surface area contributed by atoms with Gasteiger partial charge in [0, 0.05) is 6.42 Å². The summed E-state index contributed by atoms with van der Waals surface area (Å²) in [7, 11) is 0.